The van der Waals surface area contributed by atoms with Gasteiger partial charge in [0.25, 0.3) is 11.6 Å². The summed E-state index contributed by atoms with van der Waals surface area (Å²) >= 11 is 0. The Hall–Kier alpha value is -2.64. The topological polar surface area (TPSA) is 113 Å². The molecule has 0 spiro atoms. The van der Waals surface area contributed by atoms with E-state index in [1.165, 1.54) is 25.2 Å². The number of carbonyl (C=O) groups excluding carboxylic acids is 2. The van der Waals surface area contributed by atoms with E-state index in [0.717, 1.165) is 6.42 Å². The third-order valence-corrected chi connectivity index (χ3v) is 2.72. The fourth-order valence-corrected chi connectivity index (χ4v) is 1.73. The molecule has 0 radical (unpaired) electrons. The number of nitrogens with zero attached hydrogens (tertiary/aromatic N) is 1. The fourth-order valence-electron chi connectivity index (χ4n) is 1.73. The van der Waals surface area contributed by atoms with Crippen LogP contribution in [-0.4, -0.2) is 36.9 Å². The molecule has 8 heteroatoms. The van der Waals surface area contributed by atoms with E-state index in [0.29, 0.717) is 6.54 Å². The lowest BCUT2D eigenvalue weighted by Gasteiger charge is -2.10. The summed E-state index contributed by atoms with van der Waals surface area (Å²) in [6.45, 7) is 2.28. The fraction of sp³-hybridized carbons (Fsp3) is 0.385. The molecule has 21 heavy (non-hydrogen) atoms. The van der Waals surface area contributed by atoms with Crippen LogP contribution in [0.3, 0.4) is 0 Å². The van der Waals surface area contributed by atoms with Gasteiger partial charge in [-0.2, -0.15) is 0 Å². The van der Waals surface area contributed by atoms with Gasteiger partial charge in [-0.05, 0) is 12.5 Å². The number of nitro groups is 1. The first-order valence-electron chi connectivity index (χ1n) is 6.51. The predicted octanol–water partition coefficient (Wildman–Crippen LogP) is 0.892. The van der Waals surface area contributed by atoms with Gasteiger partial charge in [-0.3, -0.25) is 19.7 Å². The normalized spacial score (nSPS) is 9.81. The molecule has 0 bridgehead atoms. The molecule has 8 nitrogen and oxygen atoms in total. The Morgan fingerprint density at radius 2 is 2.00 bits per heavy atom. The molecule has 0 aliphatic heterocycles. The Bertz CT molecular complexity index is 545. The number of hydrogen-bond acceptors (Lipinski definition) is 5. The maximum absolute atomic E-state index is 12.0. The zero-order valence-electron chi connectivity index (χ0n) is 11.9. The van der Waals surface area contributed by atoms with E-state index in [2.05, 4.69) is 16.0 Å². The molecule has 0 aliphatic rings. The summed E-state index contributed by atoms with van der Waals surface area (Å²) in [5.74, 6) is -0.851. The lowest BCUT2D eigenvalue weighted by Crippen LogP contribution is -2.37. The summed E-state index contributed by atoms with van der Waals surface area (Å²) in [5, 5.41) is 18.6. The van der Waals surface area contributed by atoms with Crippen LogP contribution in [0.1, 0.15) is 23.7 Å². The Kier molecular flexibility index (Phi) is 6.12. The van der Waals surface area contributed by atoms with Crippen molar-refractivity contribution in [3.05, 3.63) is 33.9 Å². The quantitative estimate of drug-likeness (QED) is 0.510. The van der Waals surface area contributed by atoms with Crippen LogP contribution in [0.25, 0.3) is 0 Å². The Labute approximate surface area is 122 Å². The summed E-state index contributed by atoms with van der Waals surface area (Å²) in [5.41, 5.74) is 0.0459. The highest BCUT2D eigenvalue weighted by Gasteiger charge is 2.20. The SMILES string of the molecule is CCCNC(=O)CNC(=O)c1cccc([N+](=O)[O-])c1NC. The van der Waals surface area contributed by atoms with E-state index < -0.39 is 10.8 Å². The smallest absolute Gasteiger partial charge is 0.293 e. The minimum absolute atomic E-state index is 0.119. The number of benzene rings is 1. The van der Waals surface area contributed by atoms with Gasteiger partial charge in [0.1, 0.15) is 5.69 Å². The molecule has 0 unspecified atom stereocenters. The minimum Gasteiger partial charge on any atom is -0.382 e. The highest BCUT2D eigenvalue weighted by molar-refractivity contribution is 6.02. The standard InChI is InChI=1S/C13H18N4O4/c1-3-7-15-11(18)8-16-13(19)9-5-4-6-10(17(20)21)12(9)14-2/h4-6,14H,3,7-8H2,1-2H3,(H,15,18)(H,16,19). The molecule has 114 valence electrons. The number of anilines is 1. The summed E-state index contributed by atoms with van der Waals surface area (Å²) < 4.78 is 0. The van der Waals surface area contributed by atoms with Gasteiger partial charge in [0.2, 0.25) is 5.91 Å². The first kappa shape index (κ1) is 16.4. The summed E-state index contributed by atoms with van der Waals surface area (Å²) in [6, 6.07) is 4.18. The van der Waals surface area contributed by atoms with Crippen molar-refractivity contribution < 1.29 is 14.5 Å². The van der Waals surface area contributed by atoms with Gasteiger partial charge < -0.3 is 16.0 Å². The summed E-state index contributed by atoms with van der Waals surface area (Å²) in [7, 11) is 1.49. The molecule has 0 saturated heterocycles. The van der Waals surface area contributed by atoms with Gasteiger partial charge in [0.15, 0.2) is 0 Å². The van der Waals surface area contributed by atoms with Crippen LogP contribution in [0.4, 0.5) is 11.4 Å². The molecular formula is C13H18N4O4. The van der Waals surface area contributed by atoms with Crippen molar-refractivity contribution in [1.82, 2.24) is 10.6 Å². The van der Waals surface area contributed by atoms with Crippen LogP contribution in [0, 0.1) is 10.1 Å². The molecule has 0 atom stereocenters. The van der Waals surface area contributed by atoms with Crippen LogP contribution in [-0.2, 0) is 4.79 Å². The van der Waals surface area contributed by atoms with Crippen LogP contribution < -0.4 is 16.0 Å². The Morgan fingerprint density at radius 3 is 2.57 bits per heavy atom. The van der Waals surface area contributed by atoms with E-state index in [4.69, 9.17) is 0 Å². The van der Waals surface area contributed by atoms with Crippen LogP contribution in [0.5, 0.6) is 0 Å². The van der Waals surface area contributed by atoms with Gasteiger partial charge in [-0.15, -0.1) is 0 Å². The first-order valence-corrected chi connectivity index (χ1v) is 6.51. The van der Waals surface area contributed by atoms with Crippen LogP contribution >= 0.6 is 0 Å². The molecule has 2 amide bonds. The average molecular weight is 294 g/mol. The number of rotatable bonds is 7. The number of nitrogens with one attached hydrogen (secondary N) is 3. The van der Waals surface area contributed by atoms with Crippen LogP contribution in [0.2, 0.25) is 0 Å². The second-order valence-corrected chi connectivity index (χ2v) is 4.24. The van der Waals surface area contributed by atoms with Gasteiger partial charge in [0.05, 0.1) is 17.0 Å². The van der Waals surface area contributed by atoms with Gasteiger partial charge >= 0.3 is 0 Å². The molecule has 1 aromatic rings. The van der Waals surface area contributed by atoms with Crippen molar-refractivity contribution in [3.8, 4) is 0 Å². The third-order valence-electron chi connectivity index (χ3n) is 2.72. The minimum atomic E-state index is -0.573. The van der Waals surface area contributed by atoms with Crippen molar-refractivity contribution in [2.45, 2.75) is 13.3 Å². The Balaban J connectivity index is 2.81. The molecule has 1 rings (SSSR count). The van der Waals surface area contributed by atoms with Crippen molar-refractivity contribution in [2.24, 2.45) is 0 Å². The zero-order valence-corrected chi connectivity index (χ0v) is 11.9. The summed E-state index contributed by atoms with van der Waals surface area (Å²) in [6.07, 6.45) is 0.800. The monoisotopic (exact) mass is 294 g/mol. The lowest BCUT2D eigenvalue weighted by atomic mass is 10.1. The molecule has 0 fully saturated rings. The van der Waals surface area contributed by atoms with Crippen molar-refractivity contribution in [3.63, 3.8) is 0 Å². The van der Waals surface area contributed by atoms with Crippen LogP contribution in [0.15, 0.2) is 18.2 Å². The lowest BCUT2D eigenvalue weighted by molar-refractivity contribution is -0.384. The van der Waals surface area contributed by atoms with E-state index in [-0.39, 0.29) is 29.4 Å². The largest absolute Gasteiger partial charge is 0.382 e. The molecule has 0 saturated carbocycles. The molecular weight excluding hydrogens is 276 g/mol. The number of hydrogen-bond donors (Lipinski definition) is 3. The number of carbonyl (C=O) groups is 2. The first-order chi connectivity index (χ1) is 10.0. The Morgan fingerprint density at radius 1 is 1.29 bits per heavy atom. The number of nitro benzene ring substituents is 1. The van der Waals surface area contributed by atoms with E-state index in [9.17, 15) is 19.7 Å². The van der Waals surface area contributed by atoms with Gasteiger partial charge in [0, 0.05) is 19.7 Å². The molecule has 0 aromatic heterocycles. The van der Waals surface area contributed by atoms with Gasteiger partial charge in [-0.25, -0.2) is 0 Å². The molecule has 0 heterocycles. The number of para-hydroxylation sites is 1. The third kappa shape index (κ3) is 4.44. The van der Waals surface area contributed by atoms with Crippen molar-refractivity contribution in [2.75, 3.05) is 25.5 Å². The molecule has 0 aliphatic carbocycles. The second kappa shape index (κ2) is 7.83. The second-order valence-electron chi connectivity index (χ2n) is 4.24. The number of amides is 2. The maximum atomic E-state index is 12.0. The molecule has 1 aromatic carbocycles. The predicted molar refractivity (Wildman–Crippen MR) is 78.3 cm³/mol. The summed E-state index contributed by atoms with van der Waals surface area (Å²) in [4.78, 5) is 33.8. The van der Waals surface area contributed by atoms with Crippen molar-refractivity contribution >= 4 is 23.2 Å². The highest BCUT2D eigenvalue weighted by Crippen LogP contribution is 2.27. The zero-order chi connectivity index (χ0) is 15.8. The maximum Gasteiger partial charge on any atom is 0.293 e. The van der Waals surface area contributed by atoms with Crippen molar-refractivity contribution in [1.29, 1.82) is 0 Å². The van der Waals surface area contributed by atoms with Gasteiger partial charge in [-0.1, -0.05) is 13.0 Å². The highest BCUT2D eigenvalue weighted by atomic mass is 16.6. The van der Waals surface area contributed by atoms with E-state index >= 15 is 0 Å². The van der Waals surface area contributed by atoms with E-state index in [1.807, 2.05) is 6.92 Å². The molecule has 3 N–H and O–H groups in total. The average Bonchev–Trinajstić information content (AvgIpc) is 2.49. The van der Waals surface area contributed by atoms with E-state index in [1.54, 1.807) is 0 Å².